The molecule has 2 amide bonds. The summed E-state index contributed by atoms with van der Waals surface area (Å²) >= 11 is 7.52. The third-order valence-corrected chi connectivity index (χ3v) is 6.93. The molecule has 0 aliphatic carbocycles. The highest BCUT2D eigenvalue weighted by Gasteiger charge is 2.30. The van der Waals surface area contributed by atoms with Crippen LogP contribution in [0.1, 0.15) is 24.8 Å². The lowest BCUT2D eigenvalue weighted by atomic mass is 10.2. The zero-order valence-corrected chi connectivity index (χ0v) is 19.0. The van der Waals surface area contributed by atoms with Crippen LogP contribution in [0.4, 0.5) is 5.69 Å². The molecule has 7 heteroatoms. The van der Waals surface area contributed by atoms with Crippen molar-refractivity contribution in [1.29, 1.82) is 0 Å². The largest absolute Gasteiger partial charge is 0.354 e. The Labute approximate surface area is 192 Å². The molecule has 2 aromatic carbocycles. The first-order valence-corrected chi connectivity index (χ1v) is 12.0. The number of para-hydroxylation sites is 1. The van der Waals surface area contributed by atoms with Gasteiger partial charge in [0, 0.05) is 35.7 Å². The summed E-state index contributed by atoms with van der Waals surface area (Å²) in [5.41, 5.74) is 1.63. The van der Waals surface area contributed by atoms with E-state index in [1.807, 2.05) is 48.5 Å². The number of nitrogens with one attached hydrogen (secondary N) is 2. The molecule has 0 radical (unpaired) electrons. The van der Waals surface area contributed by atoms with E-state index in [4.69, 9.17) is 11.6 Å². The molecule has 2 N–H and O–H groups in total. The molecule has 0 unspecified atom stereocenters. The summed E-state index contributed by atoms with van der Waals surface area (Å²) in [5, 5.41) is 3.61. The SMILES string of the molecule is O=C(CN1C(=O)C(=Cc2cccc(Cl)c2)Sc2ccccc21)NCCC[NH+]1CCCC1. The highest BCUT2D eigenvalue weighted by Crippen LogP contribution is 2.41. The minimum Gasteiger partial charge on any atom is -0.354 e. The molecule has 31 heavy (non-hydrogen) atoms. The van der Waals surface area contributed by atoms with Crippen LogP contribution in [0.25, 0.3) is 6.08 Å². The van der Waals surface area contributed by atoms with Crippen LogP contribution in [0.3, 0.4) is 0 Å². The number of halogens is 1. The maximum Gasteiger partial charge on any atom is 0.265 e. The van der Waals surface area contributed by atoms with E-state index in [1.165, 1.54) is 37.7 Å². The summed E-state index contributed by atoms with van der Waals surface area (Å²) in [6.45, 7) is 4.24. The van der Waals surface area contributed by atoms with E-state index < -0.39 is 0 Å². The smallest absolute Gasteiger partial charge is 0.265 e. The molecule has 0 bridgehead atoms. The van der Waals surface area contributed by atoms with Crippen LogP contribution in [-0.2, 0) is 9.59 Å². The summed E-state index contributed by atoms with van der Waals surface area (Å²) in [6.07, 6.45) is 5.41. The van der Waals surface area contributed by atoms with Crippen molar-refractivity contribution in [2.24, 2.45) is 0 Å². The van der Waals surface area contributed by atoms with Gasteiger partial charge in [-0.1, -0.05) is 47.6 Å². The molecular formula is C24H27ClN3O2S+. The fourth-order valence-corrected chi connectivity index (χ4v) is 5.32. The van der Waals surface area contributed by atoms with Crippen molar-refractivity contribution in [3.05, 3.63) is 64.0 Å². The highest BCUT2D eigenvalue weighted by atomic mass is 35.5. The number of hydrogen-bond acceptors (Lipinski definition) is 3. The van der Waals surface area contributed by atoms with Gasteiger partial charge in [-0.05, 0) is 35.9 Å². The van der Waals surface area contributed by atoms with Crippen LogP contribution in [0, 0.1) is 0 Å². The van der Waals surface area contributed by atoms with Crippen molar-refractivity contribution in [3.8, 4) is 0 Å². The van der Waals surface area contributed by atoms with Gasteiger partial charge in [0.15, 0.2) is 0 Å². The van der Waals surface area contributed by atoms with Gasteiger partial charge in [-0.3, -0.25) is 14.5 Å². The molecule has 2 aliphatic heterocycles. The molecule has 0 saturated carbocycles. The molecule has 1 fully saturated rings. The second-order valence-corrected chi connectivity index (χ2v) is 9.46. The van der Waals surface area contributed by atoms with E-state index >= 15 is 0 Å². The fourth-order valence-electron chi connectivity index (χ4n) is 4.06. The molecule has 2 aromatic rings. The normalized spacial score (nSPS) is 17.8. The Balaban J connectivity index is 1.43. The number of quaternary nitrogens is 1. The molecule has 4 rings (SSSR count). The molecule has 1 saturated heterocycles. The van der Waals surface area contributed by atoms with Gasteiger partial charge in [-0.2, -0.15) is 0 Å². The summed E-state index contributed by atoms with van der Waals surface area (Å²) in [7, 11) is 0. The van der Waals surface area contributed by atoms with E-state index in [2.05, 4.69) is 5.32 Å². The predicted molar refractivity (Wildman–Crippen MR) is 127 cm³/mol. The zero-order valence-electron chi connectivity index (χ0n) is 17.4. The van der Waals surface area contributed by atoms with Crippen LogP contribution < -0.4 is 15.1 Å². The van der Waals surface area contributed by atoms with E-state index in [0.717, 1.165) is 29.1 Å². The van der Waals surface area contributed by atoms with Gasteiger partial charge < -0.3 is 10.2 Å². The average molecular weight is 457 g/mol. The minimum absolute atomic E-state index is 0.0138. The lowest BCUT2D eigenvalue weighted by Gasteiger charge is -2.29. The van der Waals surface area contributed by atoms with Gasteiger partial charge in [0.2, 0.25) is 5.91 Å². The Morgan fingerprint density at radius 3 is 2.77 bits per heavy atom. The first-order chi connectivity index (χ1) is 15.1. The second kappa shape index (κ2) is 10.4. The molecule has 2 aliphatic rings. The quantitative estimate of drug-likeness (QED) is 0.497. The molecule has 0 aromatic heterocycles. The van der Waals surface area contributed by atoms with Crippen molar-refractivity contribution >= 4 is 46.9 Å². The number of rotatable bonds is 7. The van der Waals surface area contributed by atoms with Gasteiger partial charge in [0.1, 0.15) is 6.54 Å². The number of carbonyl (C=O) groups excluding carboxylic acids is 2. The number of likely N-dealkylation sites (tertiary alicyclic amines) is 1. The van der Waals surface area contributed by atoms with E-state index in [1.54, 1.807) is 15.9 Å². The zero-order chi connectivity index (χ0) is 21.6. The van der Waals surface area contributed by atoms with Crippen molar-refractivity contribution in [2.75, 3.05) is 37.6 Å². The van der Waals surface area contributed by atoms with Gasteiger partial charge >= 0.3 is 0 Å². The Kier molecular flexibility index (Phi) is 7.33. The van der Waals surface area contributed by atoms with Crippen molar-refractivity contribution in [1.82, 2.24) is 5.32 Å². The lowest BCUT2D eigenvalue weighted by molar-refractivity contribution is -0.887. The maximum absolute atomic E-state index is 13.2. The molecule has 0 atom stereocenters. The molecule has 162 valence electrons. The Bertz CT molecular complexity index is 988. The summed E-state index contributed by atoms with van der Waals surface area (Å²) in [4.78, 5) is 30.6. The van der Waals surface area contributed by atoms with Crippen molar-refractivity contribution in [2.45, 2.75) is 24.2 Å². The van der Waals surface area contributed by atoms with E-state index in [9.17, 15) is 9.59 Å². The molecule has 2 heterocycles. The summed E-state index contributed by atoms with van der Waals surface area (Å²) in [6, 6.07) is 15.1. The number of nitrogens with zero attached hydrogens (tertiary/aromatic N) is 1. The molecule has 0 spiro atoms. The van der Waals surface area contributed by atoms with Crippen LogP contribution in [0.5, 0.6) is 0 Å². The van der Waals surface area contributed by atoms with Crippen molar-refractivity contribution in [3.63, 3.8) is 0 Å². The second-order valence-electron chi connectivity index (χ2n) is 7.94. The average Bonchev–Trinajstić information content (AvgIpc) is 3.28. The maximum atomic E-state index is 13.2. The highest BCUT2D eigenvalue weighted by molar-refractivity contribution is 8.04. The van der Waals surface area contributed by atoms with Crippen LogP contribution in [0.2, 0.25) is 5.02 Å². The van der Waals surface area contributed by atoms with Gasteiger partial charge in [0.05, 0.1) is 30.2 Å². The number of hydrogen-bond donors (Lipinski definition) is 2. The van der Waals surface area contributed by atoms with Crippen molar-refractivity contribution < 1.29 is 14.5 Å². The molecule has 5 nitrogen and oxygen atoms in total. The Hall–Kier alpha value is -2.28. The van der Waals surface area contributed by atoms with Gasteiger partial charge in [-0.25, -0.2) is 0 Å². The number of benzene rings is 2. The minimum atomic E-state index is -0.166. The topological polar surface area (TPSA) is 53.9 Å². The number of carbonyl (C=O) groups is 2. The number of amides is 2. The Morgan fingerprint density at radius 1 is 1.16 bits per heavy atom. The predicted octanol–water partition coefficient (Wildman–Crippen LogP) is 3.00. The van der Waals surface area contributed by atoms with E-state index in [-0.39, 0.29) is 18.4 Å². The first kappa shape index (κ1) is 21.9. The van der Waals surface area contributed by atoms with Crippen LogP contribution >= 0.6 is 23.4 Å². The lowest BCUT2D eigenvalue weighted by Crippen LogP contribution is -3.10. The number of anilines is 1. The van der Waals surface area contributed by atoms with Crippen LogP contribution in [-0.4, -0.2) is 44.5 Å². The molecular weight excluding hydrogens is 430 g/mol. The van der Waals surface area contributed by atoms with Gasteiger partial charge in [0.25, 0.3) is 5.91 Å². The monoisotopic (exact) mass is 456 g/mol. The van der Waals surface area contributed by atoms with Gasteiger partial charge in [-0.15, -0.1) is 0 Å². The summed E-state index contributed by atoms with van der Waals surface area (Å²) < 4.78 is 0. The third-order valence-electron chi connectivity index (χ3n) is 5.62. The standard InChI is InChI=1S/C24H26ClN3O2S/c25-19-8-5-7-18(15-19)16-22-24(30)28(20-9-1-2-10-21(20)31-22)17-23(29)26-11-6-14-27-12-3-4-13-27/h1-2,5,7-10,15-16H,3-4,6,11-14,17H2,(H,26,29)/p+1. The van der Waals surface area contributed by atoms with Crippen LogP contribution in [0.15, 0.2) is 58.3 Å². The number of fused-ring (bicyclic) bond motifs is 1. The summed E-state index contributed by atoms with van der Waals surface area (Å²) in [5.74, 6) is -0.297. The Morgan fingerprint density at radius 2 is 1.97 bits per heavy atom. The fraction of sp³-hybridized carbons (Fsp3) is 0.333. The number of thioether (sulfide) groups is 1. The third kappa shape index (κ3) is 5.70. The van der Waals surface area contributed by atoms with E-state index in [0.29, 0.717) is 16.5 Å². The first-order valence-electron chi connectivity index (χ1n) is 10.8.